The number of hydrogen-bond acceptors (Lipinski definition) is 14. The van der Waals surface area contributed by atoms with Gasteiger partial charge in [-0.05, 0) is 84.4 Å². The minimum absolute atomic E-state index is 0.139. The highest BCUT2D eigenvalue weighted by molar-refractivity contribution is 6.13. The van der Waals surface area contributed by atoms with Crippen molar-refractivity contribution < 1.29 is 61.6 Å². The van der Waals surface area contributed by atoms with Crippen LogP contribution in [0.3, 0.4) is 0 Å². The van der Waals surface area contributed by atoms with Crippen LogP contribution >= 0.6 is 0 Å². The molecule has 0 saturated carbocycles. The molecule has 0 radical (unpaired) electrons. The molecule has 4 aromatic rings. The van der Waals surface area contributed by atoms with Gasteiger partial charge >= 0.3 is 0 Å². The van der Waals surface area contributed by atoms with Crippen LogP contribution in [0.1, 0.15) is 97.6 Å². The van der Waals surface area contributed by atoms with Crippen LogP contribution in [-0.2, 0) is 24.0 Å². The number of hydrogen-bond donors (Lipinski definition) is 3. The van der Waals surface area contributed by atoms with Crippen LogP contribution in [0, 0.1) is 11.7 Å². The molecule has 9 rings (SSSR count). The minimum Gasteiger partial charge on any atom is -0.494 e. The van der Waals surface area contributed by atoms with E-state index in [1.54, 1.807) is 104 Å². The third kappa shape index (κ3) is 12.7. The summed E-state index contributed by atoms with van der Waals surface area (Å²) in [6, 6.07) is 15.9. The maximum absolute atomic E-state index is 14.5. The third-order valence-corrected chi connectivity index (χ3v) is 14.5. The number of fused-ring (bicyclic) bond motifs is 4. The Balaban J connectivity index is 0.741. The molecule has 4 aromatic carbocycles. The highest BCUT2D eigenvalue weighted by atomic mass is 19.1. The molecule has 20 nitrogen and oxygen atoms in total. The number of carbonyl (C=O) groups excluding carboxylic acids is 7. The highest BCUT2D eigenvalue weighted by Crippen LogP contribution is 2.42. The fourth-order valence-corrected chi connectivity index (χ4v) is 9.98. The molecule has 4 atom stereocenters. The number of anilines is 1. The summed E-state index contributed by atoms with van der Waals surface area (Å²) in [6.07, 6.45) is 12.6. The summed E-state index contributed by atoms with van der Waals surface area (Å²) < 4.78 is 43.2. The van der Waals surface area contributed by atoms with Crippen molar-refractivity contribution in [2.45, 2.75) is 89.9 Å². The number of carbonyl (C=O) groups is 7. The van der Waals surface area contributed by atoms with Crippen molar-refractivity contribution in [1.82, 2.24) is 25.3 Å². The van der Waals surface area contributed by atoms with E-state index in [0.29, 0.717) is 95.3 Å². The van der Waals surface area contributed by atoms with Gasteiger partial charge in [-0.25, -0.2) is 4.39 Å². The number of nitrogens with one attached hydrogen (secondary N) is 3. The fourth-order valence-electron chi connectivity index (χ4n) is 9.98. The molecule has 5 heterocycles. The molecule has 3 N–H and O–H groups in total. The summed E-state index contributed by atoms with van der Waals surface area (Å²) in [6.45, 7) is 5.87. The predicted molar refractivity (Wildman–Crippen MR) is 300 cm³/mol. The average Bonchev–Trinajstić information content (AvgIpc) is 4.21. The molecule has 422 valence electrons. The summed E-state index contributed by atoms with van der Waals surface area (Å²) in [7, 11) is 4.38. The van der Waals surface area contributed by atoms with Gasteiger partial charge in [0, 0.05) is 87.0 Å². The van der Waals surface area contributed by atoms with E-state index >= 15 is 0 Å². The van der Waals surface area contributed by atoms with Gasteiger partial charge in [-0.2, -0.15) is 0 Å². The number of nitrogens with zero attached hydrogens (tertiary/aromatic N) is 5. The number of ether oxygens (including phenoxy) is 5. The molecular formula is C60H63FN8O12. The molecule has 0 aliphatic carbocycles. The van der Waals surface area contributed by atoms with E-state index in [1.165, 1.54) is 39.5 Å². The van der Waals surface area contributed by atoms with Crippen LogP contribution < -0.4 is 39.6 Å². The van der Waals surface area contributed by atoms with Crippen LogP contribution in [0.4, 0.5) is 21.5 Å². The van der Waals surface area contributed by atoms with E-state index in [9.17, 15) is 38.0 Å². The van der Waals surface area contributed by atoms with Gasteiger partial charge in [0.15, 0.2) is 34.6 Å². The molecule has 81 heavy (non-hydrogen) atoms. The average molecular weight is 1110 g/mol. The lowest BCUT2D eigenvalue weighted by molar-refractivity contribution is -0.137. The van der Waals surface area contributed by atoms with Crippen LogP contribution in [-0.4, -0.2) is 134 Å². The Morgan fingerprint density at radius 1 is 0.630 bits per heavy atom. The van der Waals surface area contributed by atoms with Gasteiger partial charge in [-0.1, -0.05) is 38.5 Å². The minimum atomic E-state index is -0.932. The molecule has 2 unspecified atom stereocenters. The fraction of sp³-hybridized carbons (Fsp3) is 0.350. The van der Waals surface area contributed by atoms with Crippen molar-refractivity contribution in [3.05, 3.63) is 119 Å². The lowest BCUT2D eigenvalue weighted by Gasteiger charge is -2.24. The second-order valence-electron chi connectivity index (χ2n) is 20.3. The van der Waals surface area contributed by atoms with Gasteiger partial charge in [0.2, 0.25) is 17.7 Å². The number of benzene rings is 4. The topological polar surface area (TPSA) is 236 Å². The van der Waals surface area contributed by atoms with Gasteiger partial charge in [-0.3, -0.25) is 48.4 Å². The highest BCUT2D eigenvalue weighted by Gasteiger charge is 2.36. The zero-order valence-corrected chi connectivity index (χ0v) is 45.8. The lowest BCUT2D eigenvalue weighted by Crippen LogP contribution is -2.53. The van der Waals surface area contributed by atoms with E-state index in [4.69, 9.17) is 28.7 Å². The number of rotatable bonds is 23. The Morgan fingerprint density at radius 2 is 1.17 bits per heavy atom. The second kappa shape index (κ2) is 24.9. The van der Waals surface area contributed by atoms with Crippen LogP contribution in [0.5, 0.6) is 28.7 Å². The van der Waals surface area contributed by atoms with Crippen LogP contribution in [0.2, 0.25) is 0 Å². The van der Waals surface area contributed by atoms with Crippen LogP contribution in [0.25, 0.3) is 11.1 Å². The number of aliphatic imine (C=N–C) groups is 2. The van der Waals surface area contributed by atoms with Crippen molar-refractivity contribution in [2.75, 3.05) is 46.4 Å². The monoisotopic (exact) mass is 1110 g/mol. The van der Waals surface area contributed by atoms with Gasteiger partial charge in [0.1, 0.15) is 12.1 Å². The lowest BCUT2D eigenvalue weighted by atomic mass is 10.0. The summed E-state index contributed by atoms with van der Waals surface area (Å²) in [5.74, 6) is -1.64. The van der Waals surface area contributed by atoms with Gasteiger partial charge < -0.3 is 49.4 Å². The zero-order valence-electron chi connectivity index (χ0n) is 45.8. The van der Waals surface area contributed by atoms with Crippen molar-refractivity contribution in [1.29, 1.82) is 0 Å². The molecule has 21 heteroatoms. The first-order valence-corrected chi connectivity index (χ1v) is 26.8. The molecule has 0 saturated heterocycles. The molecule has 0 bridgehead atoms. The summed E-state index contributed by atoms with van der Waals surface area (Å²) in [5.41, 5.74) is 5.16. The number of methoxy groups -OCH3 is 3. The van der Waals surface area contributed by atoms with E-state index in [0.717, 1.165) is 21.6 Å². The van der Waals surface area contributed by atoms with Gasteiger partial charge in [0.05, 0.1) is 69.1 Å². The molecule has 5 aliphatic rings. The maximum atomic E-state index is 14.5. The van der Waals surface area contributed by atoms with E-state index < -0.39 is 29.7 Å². The molecule has 0 fully saturated rings. The van der Waals surface area contributed by atoms with Crippen molar-refractivity contribution >= 4 is 82.0 Å². The Bertz CT molecular complexity index is 3300. The maximum Gasteiger partial charge on any atom is 0.260 e. The Hall–Kier alpha value is -9.14. The number of unbranched alkanes of at least 4 members (excludes halogenated alkanes) is 2. The Labute approximate surface area is 467 Å². The quantitative estimate of drug-likeness (QED) is 0.0479. The largest absolute Gasteiger partial charge is 0.494 e. The standard InChI is InChI=1S/C60H63FN8O12/c1-34(2)56(66-53(70)11-8-7-9-20-67-54(71)18-19-55(67)72)58(74)64-35(3)57(73)65-40-15-12-36(13-16-40)38-23-41-30-62-46-28-51(49(78-5)26-43(46)59(75)68(41)32-38)80-21-10-22-81-52-29-47-44(27-50(52)79-6)60(76)69-33-39(24-42(69)31-63-47)37-14-17-48(77-4)45(61)25-37/h12-19,25-35,41-42,56H,7-11,20-24H2,1-6H3,(H,64,74)(H,65,73)(H,66,70)/t35?,41-,42-,56?/m0/s1. The zero-order chi connectivity index (χ0) is 57.5. The first-order chi connectivity index (χ1) is 39.0. The molecule has 7 amide bonds. The first-order valence-electron chi connectivity index (χ1n) is 26.8. The molecule has 5 aliphatic heterocycles. The Kier molecular flexibility index (Phi) is 17.4. The summed E-state index contributed by atoms with van der Waals surface area (Å²) in [5, 5.41) is 8.32. The van der Waals surface area contributed by atoms with E-state index in [-0.39, 0.29) is 79.5 Å². The summed E-state index contributed by atoms with van der Waals surface area (Å²) in [4.78, 5) is 105. The Morgan fingerprint density at radius 3 is 1.70 bits per heavy atom. The summed E-state index contributed by atoms with van der Waals surface area (Å²) >= 11 is 0. The van der Waals surface area contributed by atoms with Crippen molar-refractivity contribution in [3.8, 4) is 28.7 Å². The third-order valence-electron chi connectivity index (χ3n) is 14.5. The molecule has 0 spiro atoms. The van der Waals surface area contributed by atoms with E-state index in [1.807, 2.05) is 12.1 Å². The molecular weight excluding hydrogens is 1040 g/mol. The normalized spacial score (nSPS) is 17.6. The number of halogens is 1. The predicted octanol–water partition coefficient (Wildman–Crippen LogP) is 7.71. The second-order valence-corrected chi connectivity index (χ2v) is 20.3. The molecule has 0 aromatic heterocycles. The van der Waals surface area contributed by atoms with Gasteiger partial charge in [0.25, 0.3) is 23.6 Å². The van der Waals surface area contributed by atoms with Crippen molar-refractivity contribution in [3.63, 3.8) is 0 Å². The van der Waals surface area contributed by atoms with E-state index in [2.05, 4.69) is 20.9 Å². The number of imide groups is 1. The first kappa shape index (κ1) is 56.6. The number of amides is 7. The van der Waals surface area contributed by atoms with Gasteiger partial charge in [-0.15, -0.1) is 0 Å². The smallest absolute Gasteiger partial charge is 0.260 e. The van der Waals surface area contributed by atoms with Crippen LogP contribution in [0.15, 0.2) is 101 Å². The SMILES string of the molecule is COc1ccc(C2=CN3C(=O)c4cc(OC)c(OCCCOc5cc6c(cc5OC)C(=O)N5C=C(c7ccc(NC(=O)C(C)NC(=O)C(NC(=O)CCCCCN8C(=O)C=CC8=O)C(C)C)cc7)C[C@H]5C=N6)cc4N=C[C@@H]3C2)cc1F. The van der Waals surface area contributed by atoms with Crippen molar-refractivity contribution in [2.24, 2.45) is 15.9 Å².